The van der Waals surface area contributed by atoms with Crippen molar-refractivity contribution in [3.05, 3.63) is 68.8 Å². The van der Waals surface area contributed by atoms with E-state index in [-0.39, 0.29) is 67.5 Å². The second kappa shape index (κ2) is 20.8. The van der Waals surface area contributed by atoms with Gasteiger partial charge in [-0.15, -0.1) is 11.8 Å². The molecule has 66 heavy (non-hydrogen) atoms. The summed E-state index contributed by atoms with van der Waals surface area (Å²) >= 11 is 1.18. The van der Waals surface area contributed by atoms with Gasteiger partial charge in [-0.05, 0) is 64.0 Å². The predicted octanol–water partition coefficient (Wildman–Crippen LogP) is 0.647. The van der Waals surface area contributed by atoms with Crippen LogP contribution >= 0.6 is 11.8 Å². The van der Waals surface area contributed by atoms with E-state index in [0.717, 1.165) is 4.90 Å². The fourth-order valence-electron chi connectivity index (χ4n) is 7.75. The third kappa shape index (κ3) is 10.4. The van der Waals surface area contributed by atoms with Gasteiger partial charge in [0.25, 0.3) is 17.4 Å². The summed E-state index contributed by atoms with van der Waals surface area (Å²) in [6.07, 6.45) is 5.76. The van der Waals surface area contributed by atoms with Gasteiger partial charge in [0, 0.05) is 59.1 Å². The standard InChI is InChI=1S/C44H51FN8O12S/c1-6-44(63)29-15-32-38-27(18-53(32)42(61)28(29)19-65-43(44)62)26(25-14-33(66-5)30(45)16-31(25)51-38)17-46-35(55)20-64-21-47-39(58)22(2)49-41(60)24(4)50-40(59)23(3)48-34(54)10-8-7-9-13-52-36(56)11-12-37(52)57/h11-12,14-16,22-24,63H,6-10,13,17-21H2,1-5H3,(H,46,55)(H,47,58)(H,48,54)(H,49,60)(H,50,59)/t22-,23-,24-,44-/m0/s1. The highest BCUT2D eigenvalue weighted by molar-refractivity contribution is 7.98. The van der Waals surface area contributed by atoms with Crippen molar-refractivity contribution in [2.45, 2.75) is 108 Å². The number of cyclic esters (lactones) is 1. The monoisotopic (exact) mass is 934 g/mol. The molecule has 352 valence electrons. The van der Waals surface area contributed by atoms with Crippen molar-refractivity contribution in [3.63, 3.8) is 0 Å². The summed E-state index contributed by atoms with van der Waals surface area (Å²) in [5.41, 5.74) is -0.275. The van der Waals surface area contributed by atoms with E-state index in [4.69, 9.17) is 14.5 Å². The number of esters is 1. The number of hydrogen-bond acceptors (Lipinski definition) is 14. The van der Waals surface area contributed by atoms with Crippen molar-refractivity contribution >= 4 is 70.0 Å². The molecule has 4 atom stereocenters. The van der Waals surface area contributed by atoms with Gasteiger partial charge in [0.1, 0.15) is 43.9 Å². The zero-order valence-corrected chi connectivity index (χ0v) is 37.8. The quantitative estimate of drug-likeness (QED) is 0.0234. The smallest absolute Gasteiger partial charge is 0.343 e. The van der Waals surface area contributed by atoms with Crippen molar-refractivity contribution in [2.24, 2.45) is 0 Å². The van der Waals surface area contributed by atoms with Gasteiger partial charge in [-0.1, -0.05) is 13.3 Å². The first-order chi connectivity index (χ1) is 31.4. The molecule has 0 aliphatic carbocycles. The third-order valence-corrected chi connectivity index (χ3v) is 12.3. The SMILES string of the molecule is CC[C@@]1(O)C(=O)OCc2c1cc1n(c2=O)Cc2c-1nc1cc(F)c(SC)cc1c2CNC(=O)COCNC(=O)[C@H](C)NC(=O)[C@H](C)NC(=O)[C@H](C)NC(=O)CCCCCN1C(=O)C=CC1=O. The maximum atomic E-state index is 15.1. The highest BCUT2D eigenvalue weighted by Gasteiger charge is 2.45. The Balaban J connectivity index is 0.963. The molecule has 20 nitrogen and oxygen atoms in total. The van der Waals surface area contributed by atoms with E-state index < -0.39 is 83.9 Å². The molecule has 0 spiro atoms. The van der Waals surface area contributed by atoms with Gasteiger partial charge in [-0.3, -0.25) is 43.3 Å². The van der Waals surface area contributed by atoms with Crippen molar-refractivity contribution in [2.75, 3.05) is 26.1 Å². The highest BCUT2D eigenvalue weighted by atomic mass is 32.2. The van der Waals surface area contributed by atoms with Crippen LogP contribution in [0.2, 0.25) is 0 Å². The Kier molecular flexibility index (Phi) is 15.4. The first kappa shape index (κ1) is 48.9. The number of ether oxygens (including phenoxy) is 2. The van der Waals surface area contributed by atoms with Crippen LogP contribution in [-0.4, -0.2) is 111 Å². The number of thioether (sulfide) groups is 1. The molecule has 3 aliphatic rings. The van der Waals surface area contributed by atoms with Crippen LogP contribution in [0.4, 0.5) is 4.39 Å². The summed E-state index contributed by atoms with van der Waals surface area (Å²) in [6.45, 7) is 4.82. The van der Waals surface area contributed by atoms with Crippen molar-refractivity contribution < 1.29 is 57.3 Å². The fraction of sp³-hybridized carbons (Fsp3) is 0.455. The summed E-state index contributed by atoms with van der Waals surface area (Å²) in [5, 5.41) is 24.5. The van der Waals surface area contributed by atoms with Crippen LogP contribution < -0.4 is 32.1 Å². The van der Waals surface area contributed by atoms with Gasteiger partial charge in [-0.2, -0.15) is 0 Å². The zero-order chi connectivity index (χ0) is 48.0. The number of halogens is 1. The van der Waals surface area contributed by atoms with E-state index in [0.29, 0.717) is 52.1 Å². The van der Waals surface area contributed by atoms with Gasteiger partial charge in [0.15, 0.2) is 5.60 Å². The topological polar surface area (TPSA) is 274 Å². The average Bonchev–Trinajstić information content (AvgIpc) is 3.82. The molecule has 0 saturated heterocycles. The number of hydrogen-bond donors (Lipinski definition) is 6. The molecule has 3 aliphatic heterocycles. The summed E-state index contributed by atoms with van der Waals surface area (Å²) in [5.74, 6) is -5.07. The number of benzene rings is 1. The number of aliphatic hydroxyl groups is 1. The first-order valence-corrected chi connectivity index (χ1v) is 22.5. The minimum atomic E-state index is -2.05. The predicted molar refractivity (Wildman–Crippen MR) is 234 cm³/mol. The minimum Gasteiger partial charge on any atom is -0.458 e. The van der Waals surface area contributed by atoms with Crippen LogP contribution in [0.5, 0.6) is 0 Å². The Morgan fingerprint density at radius 3 is 2.23 bits per heavy atom. The van der Waals surface area contributed by atoms with Gasteiger partial charge >= 0.3 is 5.97 Å². The van der Waals surface area contributed by atoms with Crippen LogP contribution in [0.3, 0.4) is 0 Å². The molecule has 6 N–H and O–H groups in total. The van der Waals surface area contributed by atoms with Crippen molar-refractivity contribution in [1.29, 1.82) is 0 Å². The lowest BCUT2D eigenvalue weighted by atomic mass is 9.86. The number of carbonyl (C=O) groups is 8. The molecule has 0 fully saturated rings. The summed E-state index contributed by atoms with van der Waals surface area (Å²) in [6, 6.07) is 1.29. The fourth-order valence-corrected chi connectivity index (χ4v) is 8.24. The number of nitrogens with one attached hydrogen (secondary N) is 5. The van der Waals surface area contributed by atoms with Crippen LogP contribution in [0, 0.1) is 5.82 Å². The zero-order valence-electron chi connectivity index (χ0n) is 37.0. The Hall–Kier alpha value is -6.52. The number of rotatable bonds is 20. The van der Waals surface area contributed by atoms with Crippen LogP contribution in [0.25, 0.3) is 22.3 Å². The Morgan fingerprint density at radius 2 is 1.56 bits per heavy atom. The van der Waals surface area contributed by atoms with E-state index in [2.05, 4.69) is 26.6 Å². The van der Waals surface area contributed by atoms with Crippen LogP contribution in [0.15, 0.2) is 40.0 Å². The molecule has 0 radical (unpaired) electrons. The van der Waals surface area contributed by atoms with Crippen molar-refractivity contribution in [1.82, 2.24) is 41.0 Å². The normalized spacial score (nSPS) is 17.3. The number of unbranched alkanes of at least 4 members (excludes halogenated alkanes) is 2. The second-order valence-corrected chi connectivity index (χ2v) is 16.9. The summed E-state index contributed by atoms with van der Waals surface area (Å²) in [4.78, 5) is 119. The van der Waals surface area contributed by atoms with Crippen LogP contribution in [-0.2, 0) is 73.1 Å². The second-order valence-electron chi connectivity index (χ2n) is 16.1. The number of nitrogens with zero attached hydrogens (tertiary/aromatic N) is 3. The number of carbonyl (C=O) groups excluding carboxylic acids is 8. The lowest BCUT2D eigenvalue weighted by molar-refractivity contribution is -0.172. The molecule has 6 rings (SSSR count). The molecule has 5 heterocycles. The van der Waals surface area contributed by atoms with Crippen molar-refractivity contribution in [3.8, 4) is 11.4 Å². The molecule has 0 bridgehead atoms. The number of amides is 7. The van der Waals surface area contributed by atoms with E-state index in [1.54, 1.807) is 19.2 Å². The van der Waals surface area contributed by atoms with E-state index >= 15 is 4.39 Å². The molecular weight excluding hydrogens is 884 g/mol. The lowest BCUT2D eigenvalue weighted by Crippen LogP contribution is -2.54. The van der Waals surface area contributed by atoms with Gasteiger partial charge in [-0.25, -0.2) is 14.2 Å². The van der Waals surface area contributed by atoms with Crippen LogP contribution in [0.1, 0.15) is 82.1 Å². The lowest BCUT2D eigenvalue weighted by Gasteiger charge is -2.31. The molecule has 0 unspecified atom stereocenters. The summed E-state index contributed by atoms with van der Waals surface area (Å²) in [7, 11) is 0. The number of aromatic nitrogens is 2. The average molecular weight is 935 g/mol. The molecule has 7 amide bonds. The maximum absolute atomic E-state index is 15.1. The minimum absolute atomic E-state index is 0.0342. The molecular formula is C44H51FN8O12S. The van der Waals surface area contributed by atoms with E-state index in [9.17, 15) is 48.3 Å². The Labute approximate surface area is 381 Å². The van der Waals surface area contributed by atoms with Gasteiger partial charge in [0.2, 0.25) is 29.5 Å². The first-order valence-electron chi connectivity index (χ1n) is 21.3. The number of pyridine rings is 2. The maximum Gasteiger partial charge on any atom is 0.343 e. The van der Waals surface area contributed by atoms with E-state index in [1.807, 2.05) is 0 Å². The Bertz CT molecular complexity index is 2580. The molecule has 2 aromatic heterocycles. The van der Waals surface area contributed by atoms with Gasteiger partial charge < -0.3 is 45.7 Å². The van der Waals surface area contributed by atoms with Gasteiger partial charge in [0.05, 0.1) is 29.0 Å². The summed E-state index contributed by atoms with van der Waals surface area (Å²) < 4.78 is 27.1. The molecule has 22 heteroatoms. The Morgan fingerprint density at radius 1 is 0.894 bits per heavy atom. The highest BCUT2D eigenvalue weighted by Crippen LogP contribution is 2.41. The largest absolute Gasteiger partial charge is 0.458 e. The molecule has 0 saturated carbocycles. The molecule has 1 aromatic carbocycles. The third-order valence-electron chi connectivity index (χ3n) is 11.6. The number of fused-ring (bicyclic) bond motifs is 5. The number of imide groups is 1. The van der Waals surface area contributed by atoms with E-state index in [1.165, 1.54) is 61.4 Å². The molecule has 3 aromatic rings.